The van der Waals surface area contributed by atoms with Crippen LogP contribution in [0, 0.1) is 20.8 Å². The molecule has 0 amide bonds. The van der Waals surface area contributed by atoms with E-state index in [-0.39, 0.29) is 5.75 Å². The minimum absolute atomic E-state index is 0.101. The molecule has 0 spiro atoms. The van der Waals surface area contributed by atoms with E-state index < -0.39 is 0 Å². The van der Waals surface area contributed by atoms with Crippen LogP contribution < -0.4 is 14.8 Å². The molecule has 0 saturated carbocycles. The fourth-order valence-corrected chi connectivity index (χ4v) is 3.59. The molecule has 0 aromatic heterocycles. The fraction of sp³-hybridized carbons (Fsp3) is 0.185. The van der Waals surface area contributed by atoms with Gasteiger partial charge in [0, 0.05) is 11.1 Å². The van der Waals surface area contributed by atoms with Gasteiger partial charge >= 0.3 is 0 Å². The Labute approximate surface area is 193 Å². The van der Waals surface area contributed by atoms with Gasteiger partial charge in [0.15, 0.2) is 12.5 Å². The van der Waals surface area contributed by atoms with Crippen LogP contribution in [0.25, 0.3) is 10.8 Å². The summed E-state index contributed by atoms with van der Waals surface area (Å²) in [6.07, 6.45) is 0. The Hall–Kier alpha value is -4.06. The number of aromatic hydroxyl groups is 1. The zero-order valence-corrected chi connectivity index (χ0v) is 19.2. The average Bonchev–Trinajstić information content (AvgIpc) is 2.81. The number of ether oxygens (including phenoxy) is 2. The van der Waals surface area contributed by atoms with Crippen LogP contribution in [0.4, 0.5) is 17.1 Å². The Morgan fingerprint density at radius 1 is 0.848 bits per heavy atom. The second-order valence-electron chi connectivity index (χ2n) is 7.91. The molecular formula is C27H27N3O3. The van der Waals surface area contributed by atoms with E-state index in [1.165, 1.54) is 0 Å². The molecule has 0 saturated heterocycles. The molecule has 4 rings (SSSR count). The van der Waals surface area contributed by atoms with Gasteiger partial charge in [-0.3, -0.25) is 0 Å². The number of benzene rings is 4. The molecule has 6 heteroatoms. The minimum Gasteiger partial charge on any atom is -0.505 e. The Morgan fingerprint density at radius 3 is 2.36 bits per heavy atom. The number of fused-ring (bicyclic) bond motifs is 1. The third-order valence-corrected chi connectivity index (χ3v) is 5.59. The molecule has 0 radical (unpaired) electrons. The van der Waals surface area contributed by atoms with Gasteiger partial charge in [-0.05, 0) is 91.4 Å². The maximum Gasteiger partial charge on any atom is 0.159 e. The Morgan fingerprint density at radius 2 is 1.61 bits per heavy atom. The van der Waals surface area contributed by atoms with Crippen molar-refractivity contribution in [3.8, 4) is 17.2 Å². The average molecular weight is 442 g/mol. The number of hydrogen-bond acceptors (Lipinski definition) is 6. The Bertz CT molecular complexity index is 1320. The van der Waals surface area contributed by atoms with Crippen LogP contribution in [0.1, 0.15) is 16.7 Å². The SMILES string of the molecule is COc1cc(C)c(C)cc1N=Nc1c(C)cc2cc(NCOc3ccccc3)ccc2c1O. The Balaban J connectivity index is 1.58. The molecule has 168 valence electrons. The van der Waals surface area contributed by atoms with Crippen molar-refractivity contribution in [3.63, 3.8) is 0 Å². The quantitative estimate of drug-likeness (QED) is 0.232. The van der Waals surface area contributed by atoms with Crippen LogP contribution in [-0.4, -0.2) is 18.9 Å². The molecular weight excluding hydrogens is 414 g/mol. The van der Waals surface area contributed by atoms with Crippen LogP contribution in [0.2, 0.25) is 0 Å². The predicted octanol–water partition coefficient (Wildman–Crippen LogP) is 7.34. The van der Waals surface area contributed by atoms with Gasteiger partial charge in [0.25, 0.3) is 0 Å². The van der Waals surface area contributed by atoms with E-state index in [0.29, 0.717) is 29.2 Å². The van der Waals surface area contributed by atoms with Crippen molar-refractivity contribution in [2.45, 2.75) is 20.8 Å². The highest BCUT2D eigenvalue weighted by atomic mass is 16.5. The topological polar surface area (TPSA) is 75.4 Å². The van der Waals surface area contributed by atoms with Crippen LogP contribution in [0.3, 0.4) is 0 Å². The first kappa shape index (κ1) is 22.1. The largest absolute Gasteiger partial charge is 0.505 e. The van der Waals surface area contributed by atoms with Crippen molar-refractivity contribution in [1.29, 1.82) is 0 Å². The van der Waals surface area contributed by atoms with Gasteiger partial charge in [-0.25, -0.2) is 0 Å². The molecule has 6 nitrogen and oxygen atoms in total. The molecule has 0 atom stereocenters. The number of para-hydroxylation sites is 1. The van der Waals surface area contributed by atoms with Crippen molar-refractivity contribution in [3.05, 3.63) is 83.4 Å². The zero-order valence-electron chi connectivity index (χ0n) is 19.2. The first-order chi connectivity index (χ1) is 16.0. The van der Waals surface area contributed by atoms with Gasteiger partial charge in [-0.15, -0.1) is 10.2 Å². The number of methoxy groups -OCH3 is 1. The van der Waals surface area contributed by atoms with Crippen molar-refractivity contribution >= 4 is 27.8 Å². The summed E-state index contributed by atoms with van der Waals surface area (Å²) in [5.41, 5.74) is 5.00. The van der Waals surface area contributed by atoms with E-state index in [4.69, 9.17) is 9.47 Å². The maximum atomic E-state index is 10.9. The number of nitrogens with one attached hydrogen (secondary N) is 1. The number of nitrogens with zero attached hydrogens (tertiary/aromatic N) is 2. The molecule has 0 aliphatic heterocycles. The second-order valence-corrected chi connectivity index (χ2v) is 7.91. The summed E-state index contributed by atoms with van der Waals surface area (Å²) in [5.74, 6) is 1.55. The molecule has 0 unspecified atom stereocenters. The monoisotopic (exact) mass is 441 g/mol. The number of phenols is 1. The summed E-state index contributed by atoms with van der Waals surface area (Å²) in [4.78, 5) is 0. The lowest BCUT2D eigenvalue weighted by Crippen LogP contribution is -2.08. The van der Waals surface area contributed by atoms with Gasteiger partial charge in [0.1, 0.15) is 22.9 Å². The van der Waals surface area contributed by atoms with Crippen LogP contribution in [0.15, 0.2) is 77.0 Å². The van der Waals surface area contributed by atoms with E-state index in [9.17, 15) is 5.11 Å². The third-order valence-electron chi connectivity index (χ3n) is 5.59. The standard InChI is InChI=1S/C27H27N3O3/c1-17-13-24(25(32-4)14-18(17)2)29-30-26-19(3)12-20-15-21(10-11-23(20)27(26)31)28-16-33-22-8-6-5-7-9-22/h5-15,28,31H,16H2,1-4H3. The lowest BCUT2D eigenvalue weighted by Gasteiger charge is -2.12. The zero-order chi connectivity index (χ0) is 23.4. The molecule has 0 aliphatic carbocycles. The lowest BCUT2D eigenvalue weighted by molar-refractivity contribution is 0.347. The van der Waals surface area contributed by atoms with Crippen molar-refractivity contribution < 1.29 is 14.6 Å². The van der Waals surface area contributed by atoms with Crippen LogP contribution in [-0.2, 0) is 0 Å². The summed E-state index contributed by atoms with van der Waals surface area (Å²) >= 11 is 0. The molecule has 0 aliphatic rings. The molecule has 2 N–H and O–H groups in total. The molecule has 4 aromatic carbocycles. The highest BCUT2D eigenvalue weighted by Crippen LogP contribution is 2.40. The van der Waals surface area contributed by atoms with Gasteiger partial charge in [0.2, 0.25) is 0 Å². The highest BCUT2D eigenvalue weighted by Gasteiger charge is 2.12. The third kappa shape index (κ3) is 4.90. The molecule has 4 aromatic rings. The predicted molar refractivity (Wildman–Crippen MR) is 133 cm³/mol. The van der Waals surface area contributed by atoms with Gasteiger partial charge in [0.05, 0.1) is 7.11 Å². The fourth-order valence-electron chi connectivity index (χ4n) is 3.59. The Kier molecular flexibility index (Phi) is 6.45. The molecule has 33 heavy (non-hydrogen) atoms. The van der Waals surface area contributed by atoms with Crippen LogP contribution in [0.5, 0.6) is 17.2 Å². The first-order valence-corrected chi connectivity index (χ1v) is 10.7. The highest BCUT2D eigenvalue weighted by molar-refractivity contribution is 5.95. The molecule has 0 heterocycles. The second kappa shape index (κ2) is 9.61. The summed E-state index contributed by atoms with van der Waals surface area (Å²) in [6, 6.07) is 21.2. The lowest BCUT2D eigenvalue weighted by atomic mass is 10.0. The van der Waals surface area contributed by atoms with E-state index in [2.05, 4.69) is 15.5 Å². The van der Waals surface area contributed by atoms with Gasteiger partial charge in [-0.1, -0.05) is 18.2 Å². The van der Waals surface area contributed by atoms with E-state index in [0.717, 1.165) is 33.5 Å². The normalized spacial score (nSPS) is 11.2. The van der Waals surface area contributed by atoms with Crippen LogP contribution >= 0.6 is 0 Å². The van der Waals surface area contributed by atoms with E-state index >= 15 is 0 Å². The number of aryl methyl sites for hydroxylation is 3. The number of rotatable bonds is 7. The molecule has 0 fully saturated rings. The summed E-state index contributed by atoms with van der Waals surface area (Å²) in [5, 5.41) is 24.5. The van der Waals surface area contributed by atoms with E-state index in [1.807, 2.05) is 87.5 Å². The summed E-state index contributed by atoms with van der Waals surface area (Å²) < 4.78 is 11.1. The first-order valence-electron chi connectivity index (χ1n) is 10.7. The maximum absolute atomic E-state index is 10.9. The summed E-state index contributed by atoms with van der Waals surface area (Å²) in [6.45, 7) is 6.28. The summed E-state index contributed by atoms with van der Waals surface area (Å²) in [7, 11) is 1.61. The van der Waals surface area contributed by atoms with Crippen molar-refractivity contribution in [2.75, 3.05) is 19.2 Å². The number of azo groups is 1. The number of anilines is 1. The number of hydrogen-bond donors (Lipinski definition) is 2. The van der Waals surface area contributed by atoms with Gasteiger partial charge < -0.3 is 19.9 Å². The van der Waals surface area contributed by atoms with Gasteiger partial charge in [-0.2, -0.15) is 0 Å². The van der Waals surface area contributed by atoms with Crippen molar-refractivity contribution in [1.82, 2.24) is 0 Å². The minimum atomic E-state index is 0.101. The van der Waals surface area contributed by atoms with E-state index in [1.54, 1.807) is 7.11 Å². The van der Waals surface area contributed by atoms with Crippen molar-refractivity contribution in [2.24, 2.45) is 10.2 Å². The smallest absolute Gasteiger partial charge is 0.159 e. The molecule has 0 bridgehead atoms. The number of phenolic OH excluding ortho intramolecular Hbond substituents is 1.